The van der Waals surface area contributed by atoms with E-state index in [-0.39, 0.29) is 31.4 Å². The maximum atomic E-state index is 12.8. The van der Waals surface area contributed by atoms with Gasteiger partial charge in [-0.15, -0.1) is 0 Å². The van der Waals surface area contributed by atoms with Crippen molar-refractivity contribution in [3.63, 3.8) is 0 Å². The van der Waals surface area contributed by atoms with Crippen molar-refractivity contribution in [1.82, 2.24) is 5.32 Å². The van der Waals surface area contributed by atoms with E-state index in [2.05, 4.69) is 10.6 Å². The number of anilines is 1. The fraction of sp³-hybridized carbons (Fsp3) is 0.286. The number of ether oxygens (including phenoxy) is 3. The topological polar surface area (TPSA) is 103 Å². The van der Waals surface area contributed by atoms with E-state index in [1.807, 2.05) is 0 Å². The lowest BCUT2D eigenvalue weighted by Gasteiger charge is -2.21. The van der Waals surface area contributed by atoms with Crippen molar-refractivity contribution < 1.29 is 28.6 Å². The Morgan fingerprint density at radius 2 is 2.07 bits per heavy atom. The Morgan fingerprint density at radius 3 is 2.83 bits per heavy atom. The van der Waals surface area contributed by atoms with Crippen LogP contribution in [0.15, 0.2) is 42.5 Å². The third kappa shape index (κ3) is 5.04. The largest absolute Gasteiger partial charge is 0.497 e. The highest BCUT2D eigenvalue weighted by atomic mass is 16.5. The summed E-state index contributed by atoms with van der Waals surface area (Å²) in [6.45, 7) is 1.88. The summed E-state index contributed by atoms with van der Waals surface area (Å²) in [6.07, 6.45) is -0.0236. The average molecular weight is 398 g/mol. The van der Waals surface area contributed by atoms with Gasteiger partial charge in [-0.25, -0.2) is 0 Å². The molecule has 2 aromatic carbocycles. The molecule has 2 amide bonds. The van der Waals surface area contributed by atoms with Crippen molar-refractivity contribution in [3.05, 3.63) is 53.6 Å². The van der Waals surface area contributed by atoms with Crippen molar-refractivity contribution in [3.8, 4) is 11.5 Å². The normalized spacial score (nSPS) is 13.4. The second kappa shape index (κ2) is 9.09. The molecule has 2 aromatic rings. The quantitative estimate of drug-likeness (QED) is 0.695. The van der Waals surface area contributed by atoms with Gasteiger partial charge in [0.15, 0.2) is 6.61 Å². The molecule has 29 heavy (non-hydrogen) atoms. The molecule has 0 spiro atoms. The molecule has 1 aliphatic heterocycles. The van der Waals surface area contributed by atoms with Crippen LogP contribution < -0.4 is 20.1 Å². The third-order valence-electron chi connectivity index (χ3n) is 4.35. The van der Waals surface area contributed by atoms with Gasteiger partial charge in [-0.1, -0.05) is 12.1 Å². The van der Waals surface area contributed by atoms with Crippen LogP contribution in [-0.4, -0.2) is 38.1 Å². The van der Waals surface area contributed by atoms with Crippen LogP contribution in [0, 0.1) is 0 Å². The summed E-state index contributed by atoms with van der Waals surface area (Å²) in [4.78, 5) is 36.3. The molecule has 1 heterocycles. The summed E-state index contributed by atoms with van der Waals surface area (Å²) in [5, 5.41) is 5.54. The number of carbonyl (C=O) groups is 3. The van der Waals surface area contributed by atoms with E-state index < -0.39 is 12.0 Å². The number of rotatable bonds is 7. The molecule has 0 fully saturated rings. The Morgan fingerprint density at radius 1 is 1.24 bits per heavy atom. The fourth-order valence-electron chi connectivity index (χ4n) is 2.95. The summed E-state index contributed by atoms with van der Waals surface area (Å²) in [6, 6.07) is 11.3. The van der Waals surface area contributed by atoms with Crippen LogP contribution in [0.4, 0.5) is 5.69 Å². The molecule has 1 aliphatic rings. The highest BCUT2D eigenvalue weighted by Gasteiger charge is 2.22. The Labute approximate surface area is 168 Å². The van der Waals surface area contributed by atoms with Crippen molar-refractivity contribution in [1.29, 1.82) is 0 Å². The van der Waals surface area contributed by atoms with Gasteiger partial charge in [0.1, 0.15) is 11.5 Å². The van der Waals surface area contributed by atoms with Crippen LogP contribution >= 0.6 is 0 Å². The molecule has 0 radical (unpaired) electrons. The number of carbonyl (C=O) groups excluding carboxylic acids is 3. The summed E-state index contributed by atoms with van der Waals surface area (Å²) in [7, 11) is 1.55. The first-order chi connectivity index (χ1) is 14.0. The number of nitrogens with one attached hydrogen (secondary N) is 2. The van der Waals surface area contributed by atoms with Crippen molar-refractivity contribution in [2.75, 3.05) is 25.6 Å². The van der Waals surface area contributed by atoms with Crippen LogP contribution in [0.3, 0.4) is 0 Å². The van der Waals surface area contributed by atoms with Gasteiger partial charge in [0.05, 0.1) is 31.9 Å². The molecule has 0 aromatic heterocycles. The van der Waals surface area contributed by atoms with E-state index in [0.29, 0.717) is 28.3 Å². The Hall–Kier alpha value is -3.55. The van der Waals surface area contributed by atoms with Gasteiger partial charge in [-0.05, 0) is 42.8 Å². The minimum Gasteiger partial charge on any atom is -0.497 e. The van der Waals surface area contributed by atoms with Gasteiger partial charge < -0.3 is 24.8 Å². The lowest BCUT2D eigenvalue weighted by Crippen LogP contribution is -2.31. The predicted molar refractivity (Wildman–Crippen MR) is 105 cm³/mol. The monoisotopic (exact) mass is 398 g/mol. The molecular weight excluding hydrogens is 376 g/mol. The number of esters is 1. The van der Waals surface area contributed by atoms with Crippen LogP contribution in [0.25, 0.3) is 0 Å². The molecule has 0 unspecified atom stereocenters. The van der Waals surface area contributed by atoms with Crippen molar-refractivity contribution in [2.45, 2.75) is 19.4 Å². The average Bonchev–Trinajstić information content (AvgIpc) is 2.73. The summed E-state index contributed by atoms with van der Waals surface area (Å²) in [5.74, 6) is -0.0196. The third-order valence-corrected chi connectivity index (χ3v) is 4.35. The highest BCUT2D eigenvalue weighted by Crippen LogP contribution is 2.29. The van der Waals surface area contributed by atoms with Gasteiger partial charge in [0.25, 0.3) is 11.8 Å². The molecule has 3 rings (SSSR count). The first kappa shape index (κ1) is 20.2. The Kier molecular flexibility index (Phi) is 6.33. The molecule has 0 aliphatic carbocycles. The molecule has 8 nitrogen and oxygen atoms in total. The van der Waals surface area contributed by atoms with E-state index in [9.17, 15) is 14.4 Å². The van der Waals surface area contributed by atoms with Gasteiger partial charge in [-0.2, -0.15) is 0 Å². The van der Waals surface area contributed by atoms with Gasteiger partial charge in [-0.3, -0.25) is 14.4 Å². The van der Waals surface area contributed by atoms with E-state index in [4.69, 9.17) is 14.2 Å². The maximum absolute atomic E-state index is 12.8. The maximum Gasteiger partial charge on any atom is 0.308 e. The standard InChI is InChI=1S/C21H22N2O6/c1-3-28-20(25)11-17(13-5-4-6-15(9-13)27-2)23-21(26)14-7-8-16-18(10-14)29-12-19(24)22-16/h4-10,17H,3,11-12H2,1-2H3,(H,22,24)(H,23,26)/t17-/m0/s1. The molecular formula is C21H22N2O6. The molecule has 152 valence electrons. The number of hydrogen-bond donors (Lipinski definition) is 2. The Balaban J connectivity index is 1.81. The lowest BCUT2D eigenvalue weighted by atomic mass is 10.0. The zero-order valence-corrected chi connectivity index (χ0v) is 16.2. The minimum absolute atomic E-state index is 0.0236. The second-order valence-electron chi connectivity index (χ2n) is 6.36. The predicted octanol–water partition coefficient (Wildman–Crippen LogP) is 2.45. The number of amides is 2. The Bertz CT molecular complexity index is 927. The number of methoxy groups -OCH3 is 1. The second-order valence-corrected chi connectivity index (χ2v) is 6.36. The first-order valence-corrected chi connectivity index (χ1v) is 9.17. The molecule has 1 atom stereocenters. The first-order valence-electron chi connectivity index (χ1n) is 9.17. The zero-order valence-electron chi connectivity index (χ0n) is 16.2. The number of hydrogen-bond acceptors (Lipinski definition) is 6. The van der Waals surface area contributed by atoms with Crippen LogP contribution in [0.2, 0.25) is 0 Å². The summed E-state index contributed by atoms with van der Waals surface area (Å²) in [5.41, 5.74) is 1.57. The molecule has 0 bridgehead atoms. The molecule has 0 saturated carbocycles. The molecule has 0 saturated heterocycles. The minimum atomic E-state index is -0.603. The summed E-state index contributed by atoms with van der Waals surface area (Å²) < 4.78 is 15.6. The van der Waals surface area contributed by atoms with Crippen LogP contribution in [-0.2, 0) is 14.3 Å². The van der Waals surface area contributed by atoms with Gasteiger partial charge >= 0.3 is 5.97 Å². The zero-order chi connectivity index (χ0) is 20.8. The van der Waals surface area contributed by atoms with Gasteiger partial charge in [0, 0.05) is 5.56 Å². The number of benzene rings is 2. The van der Waals surface area contributed by atoms with Crippen molar-refractivity contribution in [2.24, 2.45) is 0 Å². The van der Waals surface area contributed by atoms with E-state index in [1.54, 1.807) is 56.5 Å². The smallest absolute Gasteiger partial charge is 0.308 e. The van der Waals surface area contributed by atoms with Crippen molar-refractivity contribution >= 4 is 23.5 Å². The van der Waals surface area contributed by atoms with E-state index in [0.717, 1.165) is 0 Å². The molecule has 2 N–H and O–H groups in total. The fourth-order valence-corrected chi connectivity index (χ4v) is 2.95. The molecule has 8 heteroatoms. The highest BCUT2D eigenvalue weighted by molar-refractivity contribution is 5.99. The van der Waals surface area contributed by atoms with E-state index >= 15 is 0 Å². The number of fused-ring (bicyclic) bond motifs is 1. The summed E-state index contributed by atoms with van der Waals surface area (Å²) >= 11 is 0. The van der Waals surface area contributed by atoms with Crippen LogP contribution in [0.5, 0.6) is 11.5 Å². The van der Waals surface area contributed by atoms with Gasteiger partial charge in [0.2, 0.25) is 0 Å². The SMILES string of the molecule is CCOC(=O)C[C@H](NC(=O)c1ccc2c(c1)OCC(=O)N2)c1cccc(OC)c1. The van der Waals surface area contributed by atoms with E-state index in [1.165, 1.54) is 0 Å². The lowest BCUT2D eigenvalue weighted by molar-refractivity contribution is -0.143. The van der Waals surface area contributed by atoms with Crippen LogP contribution in [0.1, 0.15) is 35.3 Å².